The topological polar surface area (TPSA) is 6.48 Å². The van der Waals surface area contributed by atoms with Crippen molar-refractivity contribution >= 4 is 39.5 Å². The van der Waals surface area contributed by atoms with Crippen LogP contribution in [0.1, 0.15) is 87.1 Å². The van der Waals surface area contributed by atoms with Crippen LogP contribution in [0.3, 0.4) is 0 Å². The number of allylic oxidation sites excluding steroid dienone is 14. The molecule has 0 spiro atoms. The number of anilines is 4. The van der Waals surface area contributed by atoms with Crippen LogP contribution < -0.4 is 9.80 Å². The van der Waals surface area contributed by atoms with Crippen molar-refractivity contribution in [3.63, 3.8) is 0 Å². The van der Waals surface area contributed by atoms with Crippen molar-refractivity contribution in [2.75, 3.05) is 9.80 Å². The zero-order valence-electron chi connectivity index (χ0n) is 38.8. The van der Waals surface area contributed by atoms with E-state index >= 15 is 0 Å². The molecule has 0 radical (unpaired) electrons. The molecular formula is C63H62N2. The minimum atomic E-state index is 0.377. The summed E-state index contributed by atoms with van der Waals surface area (Å²) in [4.78, 5) is 4.86. The first-order valence-electron chi connectivity index (χ1n) is 23.4. The van der Waals surface area contributed by atoms with E-state index in [1.807, 2.05) is 6.08 Å². The lowest BCUT2D eigenvalue weighted by atomic mass is 9.90. The highest BCUT2D eigenvalue weighted by atomic mass is 15.2. The molecule has 0 saturated heterocycles. The van der Waals surface area contributed by atoms with Crippen molar-refractivity contribution < 1.29 is 0 Å². The van der Waals surface area contributed by atoms with E-state index in [-0.39, 0.29) is 0 Å². The fourth-order valence-corrected chi connectivity index (χ4v) is 9.30. The highest BCUT2D eigenvalue weighted by Gasteiger charge is 2.23. The second-order valence-electron chi connectivity index (χ2n) is 17.3. The number of rotatable bonds is 15. The average Bonchev–Trinajstić information content (AvgIpc) is 3.35. The first-order valence-corrected chi connectivity index (χ1v) is 23.4. The zero-order chi connectivity index (χ0) is 45.1. The van der Waals surface area contributed by atoms with E-state index in [0.29, 0.717) is 11.8 Å². The molecule has 2 aliphatic rings. The largest absolute Gasteiger partial charge is 0.315 e. The van der Waals surface area contributed by atoms with E-state index in [1.54, 1.807) is 0 Å². The fraction of sp³-hybridized carbons (Fsp3) is 0.175. The minimum Gasteiger partial charge on any atom is -0.315 e. The lowest BCUT2D eigenvalue weighted by molar-refractivity contribution is 0.827. The Labute approximate surface area is 389 Å². The van der Waals surface area contributed by atoms with Crippen molar-refractivity contribution in [2.45, 2.75) is 66.2 Å². The van der Waals surface area contributed by atoms with Crippen molar-refractivity contribution in [1.29, 1.82) is 0 Å². The molecule has 2 aliphatic carbocycles. The van der Waals surface area contributed by atoms with Gasteiger partial charge < -0.3 is 9.80 Å². The molecule has 0 heterocycles. The Bertz CT molecular complexity index is 2790. The molecular weight excluding hydrogens is 785 g/mol. The van der Waals surface area contributed by atoms with Gasteiger partial charge in [0.15, 0.2) is 0 Å². The highest BCUT2D eigenvalue weighted by molar-refractivity contribution is 5.83. The molecule has 0 bridgehead atoms. The van der Waals surface area contributed by atoms with Gasteiger partial charge in [0, 0.05) is 40.1 Å². The maximum absolute atomic E-state index is 3.99. The summed E-state index contributed by atoms with van der Waals surface area (Å²) in [5.41, 5.74) is 19.8. The van der Waals surface area contributed by atoms with Gasteiger partial charge in [-0.05, 0) is 162 Å². The van der Waals surface area contributed by atoms with Crippen LogP contribution in [0.5, 0.6) is 0 Å². The number of hydrogen-bond acceptors (Lipinski definition) is 2. The summed E-state index contributed by atoms with van der Waals surface area (Å²) in [6.07, 6.45) is 26.3. The van der Waals surface area contributed by atoms with Crippen LogP contribution in [0.25, 0.3) is 27.8 Å². The smallest absolute Gasteiger partial charge is 0.0464 e. The quantitative estimate of drug-likeness (QED) is 0.0950. The maximum atomic E-state index is 3.99. The summed E-state index contributed by atoms with van der Waals surface area (Å²) in [5.74, 6) is 0.782. The van der Waals surface area contributed by atoms with Crippen LogP contribution in [0.4, 0.5) is 22.7 Å². The fourth-order valence-electron chi connectivity index (χ4n) is 9.30. The molecule has 1 unspecified atom stereocenters. The summed E-state index contributed by atoms with van der Waals surface area (Å²) >= 11 is 0. The molecule has 65 heavy (non-hydrogen) atoms. The lowest BCUT2D eigenvalue weighted by Gasteiger charge is -2.33. The molecule has 0 saturated carbocycles. The zero-order valence-corrected chi connectivity index (χ0v) is 38.8. The van der Waals surface area contributed by atoms with E-state index in [4.69, 9.17) is 0 Å². The number of nitrogens with zero attached hydrogens (tertiary/aromatic N) is 2. The first kappa shape index (κ1) is 44.4. The van der Waals surface area contributed by atoms with Crippen LogP contribution in [-0.2, 0) is 0 Å². The molecule has 8 rings (SSSR count). The molecule has 324 valence electrons. The van der Waals surface area contributed by atoms with Crippen molar-refractivity contribution in [2.24, 2.45) is 5.92 Å². The number of benzene rings is 6. The Hall–Kier alpha value is -7.16. The normalized spacial score (nSPS) is 15.4. The summed E-state index contributed by atoms with van der Waals surface area (Å²) in [5, 5.41) is 0. The van der Waals surface area contributed by atoms with Crippen LogP contribution >= 0.6 is 0 Å². The minimum absolute atomic E-state index is 0.377. The van der Waals surface area contributed by atoms with Gasteiger partial charge in [0.2, 0.25) is 0 Å². The second-order valence-corrected chi connectivity index (χ2v) is 17.3. The van der Waals surface area contributed by atoms with Gasteiger partial charge in [-0.3, -0.25) is 0 Å². The van der Waals surface area contributed by atoms with Gasteiger partial charge >= 0.3 is 0 Å². The molecule has 6 aromatic rings. The molecule has 2 heteroatoms. The van der Waals surface area contributed by atoms with Crippen LogP contribution in [0.15, 0.2) is 230 Å². The van der Waals surface area contributed by atoms with Gasteiger partial charge in [0.05, 0.1) is 0 Å². The second kappa shape index (κ2) is 21.0. The lowest BCUT2D eigenvalue weighted by Crippen LogP contribution is -2.23. The van der Waals surface area contributed by atoms with E-state index in [2.05, 4.69) is 257 Å². The van der Waals surface area contributed by atoms with Crippen LogP contribution in [-0.4, -0.2) is 0 Å². The Morgan fingerprint density at radius 2 is 1.31 bits per heavy atom. The first-order chi connectivity index (χ1) is 31.8. The predicted molar refractivity (Wildman–Crippen MR) is 283 cm³/mol. The molecule has 0 aromatic heterocycles. The summed E-state index contributed by atoms with van der Waals surface area (Å²) in [7, 11) is 0. The van der Waals surface area contributed by atoms with Gasteiger partial charge in [-0.2, -0.15) is 0 Å². The van der Waals surface area contributed by atoms with E-state index < -0.39 is 0 Å². The highest BCUT2D eigenvalue weighted by Crippen LogP contribution is 2.41. The van der Waals surface area contributed by atoms with E-state index in [0.717, 1.165) is 42.7 Å². The van der Waals surface area contributed by atoms with E-state index in [1.165, 1.54) is 72.7 Å². The molecule has 0 fully saturated rings. The van der Waals surface area contributed by atoms with Gasteiger partial charge in [0.25, 0.3) is 0 Å². The molecule has 0 N–H and O–H groups in total. The summed E-state index contributed by atoms with van der Waals surface area (Å²) in [6, 6.07) is 55.5. The Kier molecular flexibility index (Phi) is 14.4. The van der Waals surface area contributed by atoms with E-state index in [9.17, 15) is 0 Å². The summed E-state index contributed by atoms with van der Waals surface area (Å²) < 4.78 is 0. The third-order valence-corrected chi connectivity index (χ3v) is 12.6. The third-order valence-electron chi connectivity index (χ3n) is 12.6. The molecule has 0 aliphatic heterocycles. The van der Waals surface area contributed by atoms with Gasteiger partial charge in [-0.25, -0.2) is 0 Å². The number of aryl methyl sites for hydroxylation is 1. The maximum Gasteiger partial charge on any atom is 0.0464 e. The predicted octanol–water partition coefficient (Wildman–Crippen LogP) is 17.9. The SMILES string of the molecule is C=C/C=C(/c1ccc(N(C2=CCC(c3ccccc3)C=C2)C2=CC=C(c3ccc(N(c4ccc(C(/C=C\C)=C/CC)cc4)c4ccc(-c5ccccc5)cc4)cc3C)CC2)cc1)C(C)C. The van der Waals surface area contributed by atoms with Crippen molar-refractivity contribution in [3.05, 3.63) is 258 Å². The van der Waals surface area contributed by atoms with Crippen molar-refractivity contribution in [3.8, 4) is 11.1 Å². The van der Waals surface area contributed by atoms with Crippen LogP contribution in [0.2, 0.25) is 0 Å². The molecule has 1 atom stereocenters. The van der Waals surface area contributed by atoms with Gasteiger partial charge in [-0.1, -0.05) is 179 Å². The Morgan fingerprint density at radius 3 is 1.88 bits per heavy atom. The molecule has 2 nitrogen and oxygen atoms in total. The standard InChI is InChI=1S/C63H62N2/c1-7-16-48(17-8-2)51-23-35-59(36-24-51)65(60-37-27-53(28-38-60)50-21-14-11-15-22-50)61-43-44-63(47(6)45-61)55-31-41-58(42-32-55)64(56-33-25-52(26-34-56)49-19-12-10-13-20-49)57-39-29-54(30-40-57)62(18-9-3)46(4)5/h7,9-25,27-31,33-41,43-46,52H,3,8,26,32,42H2,1-2,4-6H3/b16-7-,48-17+,62-18+. The van der Waals surface area contributed by atoms with Gasteiger partial charge in [0.1, 0.15) is 0 Å². The average molecular weight is 847 g/mol. The molecule has 6 aromatic carbocycles. The Balaban J connectivity index is 1.12. The monoisotopic (exact) mass is 846 g/mol. The van der Waals surface area contributed by atoms with Crippen molar-refractivity contribution in [1.82, 2.24) is 0 Å². The van der Waals surface area contributed by atoms with Gasteiger partial charge in [-0.15, -0.1) is 0 Å². The summed E-state index contributed by atoms with van der Waals surface area (Å²) in [6.45, 7) is 15.0. The molecule has 0 amide bonds. The number of hydrogen-bond donors (Lipinski definition) is 0. The van der Waals surface area contributed by atoms with Crippen LogP contribution in [0, 0.1) is 12.8 Å². The Morgan fingerprint density at radius 1 is 0.692 bits per heavy atom. The third kappa shape index (κ3) is 10.3.